The summed E-state index contributed by atoms with van der Waals surface area (Å²) in [6.07, 6.45) is 9.32. The molecule has 99 heavy (non-hydrogen) atoms. The van der Waals surface area contributed by atoms with E-state index in [-0.39, 0.29) is 5.41 Å². The number of aryl methyl sites for hydroxylation is 4. The smallest absolute Gasteiger partial charge is 0.0726 e. The van der Waals surface area contributed by atoms with Gasteiger partial charge in [0, 0.05) is 39.5 Å². The molecule has 2 heteroatoms. The second-order valence-corrected chi connectivity index (χ2v) is 28.7. The quantitative estimate of drug-likeness (QED) is 0.126. The Morgan fingerprint density at radius 2 is 0.434 bits per heavy atom. The molecule has 0 unspecified atom stereocenters. The number of hydrogen-bond donors (Lipinski definition) is 0. The SMILES string of the molecule is Cc1cccc(N(c2cccc(C)c2)c2ccc3c(c2)C2(c4ccccc4-c4ccccc42)c2cc(/C=C/c4ccc5c(c4)C(C)(C)c4cc(/C=C/c6ccc7c(c6)C6(c8ccccc8-c8ccccc86)c6cc(N(c8cccc(C)c8)c8cccc(C)c8)ccc6-7)ccc4-5)ccc2-3)c1. The summed E-state index contributed by atoms with van der Waals surface area (Å²) in [7, 11) is 0. The first-order valence-corrected chi connectivity index (χ1v) is 34.9. The Balaban J connectivity index is 0.653. The maximum Gasteiger partial charge on any atom is 0.0726 e. The maximum atomic E-state index is 2.50. The minimum atomic E-state index is -0.523. The van der Waals surface area contributed by atoms with Crippen LogP contribution in [-0.4, -0.2) is 0 Å². The van der Waals surface area contributed by atoms with E-state index in [0.717, 1.165) is 34.1 Å². The van der Waals surface area contributed by atoms with Gasteiger partial charge in [0.1, 0.15) is 0 Å². The lowest BCUT2D eigenvalue weighted by molar-refractivity contribution is 0.660. The van der Waals surface area contributed by atoms with Gasteiger partial charge < -0.3 is 9.80 Å². The molecule has 0 N–H and O–H groups in total. The van der Waals surface area contributed by atoms with Gasteiger partial charge in [-0.15, -0.1) is 0 Å². The Bertz CT molecular complexity index is 5270. The summed E-state index contributed by atoms with van der Waals surface area (Å²) >= 11 is 0. The van der Waals surface area contributed by atoms with Gasteiger partial charge in [0.2, 0.25) is 0 Å². The van der Waals surface area contributed by atoms with Crippen LogP contribution in [0.15, 0.2) is 303 Å². The zero-order chi connectivity index (χ0) is 66.5. The molecule has 0 saturated heterocycles. The highest BCUT2D eigenvalue weighted by Gasteiger charge is 2.54. The fourth-order valence-corrected chi connectivity index (χ4v) is 18.1. The summed E-state index contributed by atoms with van der Waals surface area (Å²) in [6, 6.07) is 115. The summed E-state index contributed by atoms with van der Waals surface area (Å²) in [5, 5.41) is 0. The Kier molecular flexibility index (Phi) is 13.1. The van der Waals surface area contributed by atoms with E-state index in [1.807, 2.05) is 0 Å². The lowest BCUT2D eigenvalue weighted by atomic mass is 9.70. The molecular weight excluding hydrogens is 1190 g/mol. The van der Waals surface area contributed by atoms with Gasteiger partial charge in [0.15, 0.2) is 0 Å². The number of anilines is 6. The molecule has 14 aromatic rings. The van der Waals surface area contributed by atoms with Crippen LogP contribution in [0.2, 0.25) is 0 Å². The predicted octanol–water partition coefficient (Wildman–Crippen LogP) is 25.2. The highest BCUT2D eigenvalue weighted by molar-refractivity contribution is 6.00. The average Bonchev–Trinajstić information content (AvgIpc) is 1.52. The molecule has 19 rings (SSSR count). The summed E-state index contributed by atoms with van der Waals surface area (Å²) in [5.41, 5.74) is 41.5. The topological polar surface area (TPSA) is 6.48 Å². The average molecular weight is 1270 g/mol. The Morgan fingerprint density at radius 1 is 0.202 bits per heavy atom. The van der Waals surface area contributed by atoms with E-state index in [4.69, 9.17) is 0 Å². The first-order valence-electron chi connectivity index (χ1n) is 34.9. The summed E-state index contributed by atoms with van der Waals surface area (Å²) in [4.78, 5) is 4.87. The number of hydrogen-bond acceptors (Lipinski definition) is 2. The molecule has 0 aliphatic heterocycles. The fraction of sp³-hybridized carbons (Fsp3) is 0.0928. The van der Waals surface area contributed by atoms with Crippen LogP contribution in [0.3, 0.4) is 0 Å². The van der Waals surface area contributed by atoms with Crippen LogP contribution in [0.25, 0.3) is 79.9 Å². The molecule has 0 radical (unpaired) electrons. The zero-order valence-corrected chi connectivity index (χ0v) is 56.6. The summed E-state index contributed by atoms with van der Waals surface area (Å²) in [5.74, 6) is 0. The van der Waals surface area contributed by atoms with Gasteiger partial charge in [0.25, 0.3) is 0 Å². The van der Waals surface area contributed by atoms with Crippen molar-refractivity contribution in [1.29, 1.82) is 0 Å². The van der Waals surface area contributed by atoms with Crippen molar-refractivity contribution < 1.29 is 0 Å². The lowest BCUT2D eigenvalue weighted by Gasteiger charge is -2.32. The zero-order valence-electron chi connectivity index (χ0n) is 56.6. The summed E-state index contributed by atoms with van der Waals surface area (Å²) < 4.78 is 0. The second-order valence-electron chi connectivity index (χ2n) is 28.7. The van der Waals surface area contributed by atoms with Crippen LogP contribution in [0.5, 0.6) is 0 Å². The molecule has 0 aromatic heterocycles. The Hall–Kier alpha value is -11.8. The number of rotatable bonds is 10. The van der Waals surface area contributed by atoms with E-state index in [9.17, 15) is 0 Å². The van der Waals surface area contributed by atoms with Gasteiger partial charge in [0.05, 0.1) is 10.8 Å². The third kappa shape index (κ3) is 8.75. The molecule has 5 aliphatic carbocycles. The molecule has 0 fully saturated rings. The molecule has 2 spiro atoms. The van der Waals surface area contributed by atoms with Crippen molar-refractivity contribution in [3.8, 4) is 55.6 Å². The molecule has 0 amide bonds. The minimum Gasteiger partial charge on any atom is -0.310 e. The highest BCUT2D eigenvalue weighted by Crippen LogP contribution is 2.66. The van der Waals surface area contributed by atoms with Crippen molar-refractivity contribution in [2.24, 2.45) is 0 Å². The molecular formula is C97H72N2. The number of benzene rings is 14. The molecule has 2 nitrogen and oxygen atoms in total. The Morgan fingerprint density at radius 3 is 0.727 bits per heavy atom. The predicted molar refractivity (Wildman–Crippen MR) is 416 cm³/mol. The monoisotopic (exact) mass is 1260 g/mol. The van der Waals surface area contributed by atoms with E-state index >= 15 is 0 Å². The largest absolute Gasteiger partial charge is 0.310 e. The molecule has 0 saturated carbocycles. The summed E-state index contributed by atoms with van der Waals surface area (Å²) in [6.45, 7) is 13.5. The highest BCUT2D eigenvalue weighted by atomic mass is 15.1. The first-order chi connectivity index (χ1) is 48.4. The van der Waals surface area contributed by atoms with Crippen molar-refractivity contribution in [2.45, 2.75) is 57.8 Å². The first kappa shape index (κ1) is 58.5. The molecule has 14 aromatic carbocycles. The number of fused-ring (bicyclic) bond motifs is 23. The molecule has 5 aliphatic rings. The van der Waals surface area contributed by atoms with Gasteiger partial charge in [-0.3, -0.25) is 0 Å². The molecule has 0 atom stereocenters. The standard InChI is InChI=1S/C97H72N2/c1-61-19-15-23-69(51-61)98(70-24-16-20-62(2)52-70)73-43-49-83-81-47-41-67(57-91(81)96(93(83)59-73)85-31-11-7-27-75(85)76-28-8-12-32-86(76)96)37-35-65-39-45-79-80-46-40-66(56-90(80)95(5,6)89(79)55-65)36-38-68-42-48-82-84-50-44-74(99(71-25-17-21-63(3)53-71)72-26-18-22-64(4)54-72)60-94(84)97(92(82)58-68)87-33-13-9-29-77(87)78-30-10-14-34-88(78)97/h7-60H,1-6H3/b37-35+,38-36+. The van der Waals surface area contributed by atoms with E-state index in [0.29, 0.717) is 0 Å². The Labute approximate surface area is 581 Å². The van der Waals surface area contributed by atoms with Crippen LogP contribution >= 0.6 is 0 Å². The normalized spacial score (nSPS) is 14.3. The van der Waals surface area contributed by atoms with Crippen LogP contribution in [-0.2, 0) is 16.2 Å². The molecule has 0 bridgehead atoms. The van der Waals surface area contributed by atoms with Crippen molar-refractivity contribution in [3.63, 3.8) is 0 Å². The fourth-order valence-electron chi connectivity index (χ4n) is 18.1. The van der Waals surface area contributed by atoms with Crippen molar-refractivity contribution in [3.05, 3.63) is 403 Å². The van der Waals surface area contributed by atoms with Crippen molar-refractivity contribution in [1.82, 2.24) is 0 Å². The van der Waals surface area contributed by atoms with E-state index < -0.39 is 10.8 Å². The second kappa shape index (κ2) is 22.1. The van der Waals surface area contributed by atoms with Gasteiger partial charge >= 0.3 is 0 Å². The number of nitrogens with zero attached hydrogens (tertiary/aromatic N) is 2. The van der Waals surface area contributed by atoms with Crippen LogP contribution < -0.4 is 9.80 Å². The molecule has 0 heterocycles. The lowest BCUT2D eigenvalue weighted by Crippen LogP contribution is -2.26. The maximum absolute atomic E-state index is 2.50. The van der Waals surface area contributed by atoms with Gasteiger partial charge in [-0.2, -0.15) is 0 Å². The van der Waals surface area contributed by atoms with Gasteiger partial charge in [-0.05, 0) is 268 Å². The third-order valence-corrected chi connectivity index (χ3v) is 22.4. The minimum absolute atomic E-state index is 0.220. The van der Waals surface area contributed by atoms with E-state index in [1.54, 1.807) is 0 Å². The van der Waals surface area contributed by atoms with Crippen molar-refractivity contribution >= 4 is 58.4 Å². The van der Waals surface area contributed by atoms with Gasteiger partial charge in [-0.1, -0.05) is 257 Å². The van der Waals surface area contributed by atoms with Gasteiger partial charge in [-0.25, -0.2) is 0 Å². The van der Waals surface area contributed by atoms with Crippen LogP contribution in [0.1, 0.15) is 114 Å². The third-order valence-electron chi connectivity index (χ3n) is 22.4. The van der Waals surface area contributed by atoms with Crippen molar-refractivity contribution in [2.75, 3.05) is 9.80 Å². The molecule has 470 valence electrons. The van der Waals surface area contributed by atoms with Crippen LogP contribution in [0, 0.1) is 27.7 Å². The van der Waals surface area contributed by atoms with E-state index in [2.05, 4.69) is 379 Å². The van der Waals surface area contributed by atoms with E-state index in [1.165, 1.54) is 156 Å². The van der Waals surface area contributed by atoms with Crippen LogP contribution in [0.4, 0.5) is 34.1 Å².